The maximum atomic E-state index is 13.2. The molecule has 1 aliphatic rings. The number of ether oxygens (including phenoxy) is 1. The van der Waals surface area contributed by atoms with Gasteiger partial charge in [0.1, 0.15) is 11.6 Å². The molecule has 1 saturated heterocycles. The lowest BCUT2D eigenvalue weighted by molar-refractivity contribution is 0.0910. The summed E-state index contributed by atoms with van der Waals surface area (Å²) in [6, 6.07) is 24.2. The highest BCUT2D eigenvalue weighted by Gasteiger charge is 2.27. The lowest BCUT2D eigenvalue weighted by Crippen LogP contribution is -2.48. The number of carbonyl (C=O) groups excluding carboxylic acids is 1. The van der Waals surface area contributed by atoms with Gasteiger partial charge in [0.25, 0.3) is 0 Å². The average molecular weight is 419 g/mol. The SMILES string of the molecule is COc1ccc(C(=O)C[C@@H](c2ccccc2)N2CCN(c3ccc(F)cc3)CC2)cc1. The number of anilines is 1. The molecule has 0 aromatic heterocycles. The number of hydrogen-bond donors (Lipinski definition) is 0. The molecule has 0 bridgehead atoms. The van der Waals surface area contributed by atoms with Gasteiger partial charge in [-0.1, -0.05) is 30.3 Å². The Morgan fingerprint density at radius 3 is 2.16 bits per heavy atom. The van der Waals surface area contributed by atoms with Gasteiger partial charge in [-0.05, 0) is 54.1 Å². The molecule has 5 heteroatoms. The number of Topliss-reactive ketones (excluding diaryl/α,β-unsaturated/α-hetero) is 1. The van der Waals surface area contributed by atoms with Crippen molar-refractivity contribution in [1.29, 1.82) is 0 Å². The number of methoxy groups -OCH3 is 1. The summed E-state index contributed by atoms with van der Waals surface area (Å²) in [4.78, 5) is 17.7. The van der Waals surface area contributed by atoms with Gasteiger partial charge >= 0.3 is 0 Å². The smallest absolute Gasteiger partial charge is 0.164 e. The zero-order valence-electron chi connectivity index (χ0n) is 17.7. The fraction of sp³-hybridized carbons (Fsp3) is 0.269. The molecular formula is C26H27FN2O2. The van der Waals surface area contributed by atoms with E-state index in [0.29, 0.717) is 12.0 Å². The van der Waals surface area contributed by atoms with Crippen molar-refractivity contribution in [2.24, 2.45) is 0 Å². The lowest BCUT2D eigenvalue weighted by Gasteiger charge is -2.40. The molecule has 1 fully saturated rings. The maximum Gasteiger partial charge on any atom is 0.164 e. The van der Waals surface area contributed by atoms with E-state index in [1.54, 1.807) is 7.11 Å². The first-order valence-corrected chi connectivity index (χ1v) is 10.6. The number of hydrogen-bond acceptors (Lipinski definition) is 4. The second-order valence-electron chi connectivity index (χ2n) is 7.78. The summed E-state index contributed by atoms with van der Waals surface area (Å²) < 4.78 is 18.5. The summed E-state index contributed by atoms with van der Waals surface area (Å²) in [6.07, 6.45) is 0.424. The highest BCUT2D eigenvalue weighted by atomic mass is 19.1. The summed E-state index contributed by atoms with van der Waals surface area (Å²) in [6.45, 7) is 3.36. The summed E-state index contributed by atoms with van der Waals surface area (Å²) in [5, 5.41) is 0. The first-order chi connectivity index (χ1) is 15.1. The number of carbonyl (C=O) groups is 1. The first kappa shape index (κ1) is 21.1. The van der Waals surface area contributed by atoms with Gasteiger partial charge < -0.3 is 9.64 Å². The van der Waals surface area contributed by atoms with Crippen LogP contribution in [0.2, 0.25) is 0 Å². The van der Waals surface area contributed by atoms with E-state index in [4.69, 9.17) is 4.74 Å². The van der Waals surface area contributed by atoms with Crippen LogP contribution >= 0.6 is 0 Å². The third-order valence-corrected chi connectivity index (χ3v) is 5.92. The van der Waals surface area contributed by atoms with E-state index in [1.165, 1.54) is 12.1 Å². The first-order valence-electron chi connectivity index (χ1n) is 10.6. The van der Waals surface area contributed by atoms with Crippen LogP contribution in [0.1, 0.15) is 28.4 Å². The van der Waals surface area contributed by atoms with Gasteiger partial charge in [0.15, 0.2) is 5.78 Å². The monoisotopic (exact) mass is 418 g/mol. The number of ketones is 1. The minimum absolute atomic E-state index is 0.0196. The van der Waals surface area contributed by atoms with Crippen LogP contribution in [0.15, 0.2) is 78.9 Å². The third kappa shape index (κ3) is 5.12. The zero-order valence-corrected chi connectivity index (χ0v) is 17.7. The predicted molar refractivity (Wildman–Crippen MR) is 121 cm³/mol. The Kier molecular flexibility index (Phi) is 6.63. The van der Waals surface area contributed by atoms with Gasteiger partial charge in [0.2, 0.25) is 0 Å². The highest BCUT2D eigenvalue weighted by molar-refractivity contribution is 5.96. The lowest BCUT2D eigenvalue weighted by atomic mass is 9.96. The van der Waals surface area contributed by atoms with E-state index in [-0.39, 0.29) is 17.6 Å². The Bertz CT molecular complexity index is 982. The van der Waals surface area contributed by atoms with Crippen molar-refractivity contribution in [3.8, 4) is 5.75 Å². The molecule has 160 valence electrons. The van der Waals surface area contributed by atoms with Crippen LogP contribution in [-0.4, -0.2) is 44.0 Å². The molecule has 31 heavy (non-hydrogen) atoms. The Labute approximate surface area is 182 Å². The fourth-order valence-electron chi connectivity index (χ4n) is 4.15. The van der Waals surface area contributed by atoms with Gasteiger partial charge in [0.05, 0.1) is 7.11 Å². The van der Waals surface area contributed by atoms with Crippen LogP contribution < -0.4 is 9.64 Å². The van der Waals surface area contributed by atoms with Crippen LogP contribution in [0, 0.1) is 5.82 Å². The maximum absolute atomic E-state index is 13.2. The Morgan fingerprint density at radius 2 is 1.55 bits per heavy atom. The second kappa shape index (κ2) is 9.75. The molecule has 4 rings (SSSR count). The van der Waals surface area contributed by atoms with E-state index < -0.39 is 0 Å². The summed E-state index contributed by atoms with van der Waals surface area (Å²) in [5.74, 6) is 0.647. The van der Waals surface area contributed by atoms with E-state index >= 15 is 0 Å². The standard InChI is InChI=1S/C26H27FN2O2/c1-31-24-13-7-21(8-14-24)26(30)19-25(20-5-3-2-4-6-20)29-17-15-28(16-18-29)23-11-9-22(27)10-12-23/h2-14,25H,15-19H2,1H3/t25-/m0/s1. The summed E-state index contributed by atoms with van der Waals surface area (Å²) >= 11 is 0. The van der Waals surface area contributed by atoms with Crippen LogP contribution in [0.4, 0.5) is 10.1 Å². The molecule has 0 N–H and O–H groups in total. The molecule has 4 nitrogen and oxygen atoms in total. The largest absolute Gasteiger partial charge is 0.497 e. The minimum atomic E-state index is -0.219. The van der Waals surface area contributed by atoms with Gasteiger partial charge in [-0.25, -0.2) is 4.39 Å². The molecule has 0 saturated carbocycles. The van der Waals surface area contributed by atoms with Crippen LogP contribution in [0.25, 0.3) is 0 Å². The van der Waals surface area contributed by atoms with E-state index in [9.17, 15) is 9.18 Å². The van der Waals surface area contributed by atoms with Crippen molar-refractivity contribution in [1.82, 2.24) is 4.90 Å². The van der Waals surface area contributed by atoms with Crippen molar-refractivity contribution in [2.45, 2.75) is 12.5 Å². The van der Waals surface area contributed by atoms with Gasteiger partial charge in [-0.3, -0.25) is 9.69 Å². The van der Waals surface area contributed by atoms with Crippen molar-refractivity contribution in [3.63, 3.8) is 0 Å². The van der Waals surface area contributed by atoms with Gasteiger partial charge in [-0.15, -0.1) is 0 Å². The number of benzene rings is 3. The number of rotatable bonds is 7. The molecule has 1 heterocycles. The average Bonchev–Trinajstić information content (AvgIpc) is 2.84. The van der Waals surface area contributed by atoms with Crippen molar-refractivity contribution >= 4 is 11.5 Å². The third-order valence-electron chi connectivity index (χ3n) is 5.92. The molecular weight excluding hydrogens is 391 g/mol. The molecule has 0 amide bonds. The van der Waals surface area contributed by atoms with Gasteiger partial charge in [-0.2, -0.15) is 0 Å². The van der Waals surface area contributed by atoms with E-state index in [0.717, 1.165) is 43.2 Å². The van der Waals surface area contributed by atoms with E-state index in [2.05, 4.69) is 21.9 Å². The fourth-order valence-corrected chi connectivity index (χ4v) is 4.15. The van der Waals surface area contributed by atoms with Gasteiger partial charge in [0, 0.05) is 49.9 Å². The number of piperazine rings is 1. The molecule has 0 radical (unpaired) electrons. The quantitative estimate of drug-likeness (QED) is 0.507. The van der Waals surface area contributed by atoms with Crippen molar-refractivity contribution < 1.29 is 13.9 Å². The molecule has 3 aromatic carbocycles. The van der Waals surface area contributed by atoms with Crippen LogP contribution in [0.5, 0.6) is 5.75 Å². The number of nitrogens with zero attached hydrogens (tertiary/aromatic N) is 2. The predicted octanol–water partition coefficient (Wildman–Crippen LogP) is 4.97. The van der Waals surface area contributed by atoms with Crippen LogP contribution in [-0.2, 0) is 0 Å². The highest BCUT2D eigenvalue weighted by Crippen LogP contribution is 2.29. The summed E-state index contributed by atoms with van der Waals surface area (Å²) in [7, 11) is 1.62. The Hall–Kier alpha value is -3.18. The Morgan fingerprint density at radius 1 is 0.903 bits per heavy atom. The summed E-state index contributed by atoms with van der Waals surface area (Å²) in [5.41, 5.74) is 2.89. The Balaban J connectivity index is 1.48. The second-order valence-corrected chi connectivity index (χ2v) is 7.78. The van der Waals surface area contributed by atoms with E-state index in [1.807, 2.05) is 54.6 Å². The molecule has 1 atom stereocenters. The topological polar surface area (TPSA) is 32.8 Å². The van der Waals surface area contributed by atoms with Crippen molar-refractivity contribution in [3.05, 3.63) is 95.8 Å². The molecule has 0 spiro atoms. The zero-order chi connectivity index (χ0) is 21.6. The molecule has 1 aliphatic heterocycles. The molecule has 0 aliphatic carbocycles. The van der Waals surface area contributed by atoms with Crippen LogP contribution in [0.3, 0.4) is 0 Å². The molecule has 3 aromatic rings. The minimum Gasteiger partial charge on any atom is -0.497 e. The normalized spacial score (nSPS) is 15.5. The van der Waals surface area contributed by atoms with Crippen molar-refractivity contribution in [2.75, 3.05) is 38.2 Å². The molecule has 0 unspecified atom stereocenters. The number of halogens is 1.